The Kier molecular flexibility index (Phi) is 15.5. The second-order valence-corrected chi connectivity index (χ2v) is 12.6. The third-order valence-electron chi connectivity index (χ3n) is 7.61. The predicted molar refractivity (Wildman–Crippen MR) is 138 cm³/mol. The van der Waals surface area contributed by atoms with Gasteiger partial charge in [0.05, 0.1) is 0 Å². The van der Waals surface area contributed by atoms with Crippen LogP contribution in [0.3, 0.4) is 0 Å². The quantitative estimate of drug-likeness (QED) is 0.182. The van der Waals surface area contributed by atoms with E-state index in [1.54, 1.807) is 0 Å². The summed E-state index contributed by atoms with van der Waals surface area (Å²) in [5.74, 6) is 0.991. The van der Waals surface area contributed by atoms with Crippen molar-refractivity contribution in [2.75, 3.05) is 0 Å². The van der Waals surface area contributed by atoms with Crippen LogP contribution in [0.15, 0.2) is 0 Å². The second kappa shape index (κ2) is 16.6. The Morgan fingerprint density at radius 2 is 0.767 bits per heavy atom. The SMILES string of the molecule is CCCCCCCCCCCCCCCCCCCCC1CC(C)(C)CC(C)(C)C1. The van der Waals surface area contributed by atoms with E-state index in [4.69, 9.17) is 0 Å². The summed E-state index contributed by atoms with van der Waals surface area (Å²) in [5.41, 5.74) is 1.14. The number of unbranched alkanes of at least 4 members (excludes halogenated alkanes) is 17. The molecule has 1 saturated carbocycles. The van der Waals surface area contributed by atoms with Crippen molar-refractivity contribution in [1.29, 1.82) is 0 Å². The molecule has 180 valence electrons. The summed E-state index contributed by atoms with van der Waals surface area (Å²) in [7, 11) is 0. The van der Waals surface area contributed by atoms with E-state index in [1.165, 1.54) is 141 Å². The molecule has 0 bridgehead atoms. The highest BCUT2D eigenvalue weighted by atomic mass is 14.4. The van der Waals surface area contributed by atoms with Crippen LogP contribution in [0.1, 0.15) is 176 Å². The molecule has 0 nitrogen and oxygen atoms in total. The second-order valence-electron chi connectivity index (χ2n) is 12.6. The van der Waals surface area contributed by atoms with Gasteiger partial charge in [0.25, 0.3) is 0 Å². The fraction of sp³-hybridized carbons (Fsp3) is 1.00. The number of hydrogen-bond acceptors (Lipinski definition) is 0. The molecule has 0 radical (unpaired) electrons. The first-order valence-corrected chi connectivity index (χ1v) is 14.3. The molecule has 0 heterocycles. The largest absolute Gasteiger partial charge is 0.0654 e. The standard InChI is InChI=1S/C30H60/c1-6-7-8-9-10-11-12-13-14-15-16-17-18-19-20-21-22-23-24-28-25-29(2,3)27-30(4,5)26-28/h28H,6-27H2,1-5H3. The van der Waals surface area contributed by atoms with Crippen molar-refractivity contribution < 1.29 is 0 Å². The van der Waals surface area contributed by atoms with Crippen LogP contribution >= 0.6 is 0 Å². The van der Waals surface area contributed by atoms with Gasteiger partial charge in [-0.2, -0.15) is 0 Å². The lowest BCUT2D eigenvalue weighted by Crippen LogP contribution is -2.33. The van der Waals surface area contributed by atoms with E-state index in [9.17, 15) is 0 Å². The summed E-state index contributed by atoms with van der Waals surface area (Å²) in [5, 5.41) is 0. The van der Waals surface area contributed by atoms with Crippen molar-refractivity contribution in [1.82, 2.24) is 0 Å². The Hall–Kier alpha value is 0. The van der Waals surface area contributed by atoms with Crippen LogP contribution in [0, 0.1) is 16.7 Å². The first-order chi connectivity index (χ1) is 14.3. The maximum absolute atomic E-state index is 2.50. The van der Waals surface area contributed by atoms with Crippen molar-refractivity contribution in [3.8, 4) is 0 Å². The Morgan fingerprint density at radius 3 is 1.10 bits per heavy atom. The maximum atomic E-state index is 2.50. The minimum atomic E-state index is 0.570. The molecule has 1 fully saturated rings. The normalized spacial score (nSPS) is 18.7. The fourth-order valence-corrected chi connectivity index (χ4v) is 6.61. The first kappa shape index (κ1) is 28.0. The summed E-state index contributed by atoms with van der Waals surface area (Å²) >= 11 is 0. The minimum absolute atomic E-state index is 0.570. The summed E-state index contributed by atoms with van der Waals surface area (Å²) in [6.45, 7) is 12.3. The number of hydrogen-bond donors (Lipinski definition) is 0. The Morgan fingerprint density at radius 1 is 0.467 bits per heavy atom. The molecule has 1 rings (SSSR count). The van der Waals surface area contributed by atoms with E-state index < -0.39 is 0 Å². The summed E-state index contributed by atoms with van der Waals surface area (Å²) in [6.07, 6.45) is 32.4. The van der Waals surface area contributed by atoms with E-state index in [2.05, 4.69) is 34.6 Å². The molecule has 0 unspecified atom stereocenters. The van der Waals surface area contributed by atoms with Gasteiger partial charge in [0, 0.05) is 0 Å². The van der Waals surface area contributed by atoms with Gasteiger partial charge in [-0.15, -0.1) is 0 Å². The molecule has 1 aliphatic carbocycles. The van der Waals surface area contributed by atoms with Gasteiger partial charge in [-0.3, -0.25) is 0 Å². The van der Waals surface area contributed by atoms with Gasteiger partial charge in [-0.05, 0) is 36.0 Å². The average Bonchev–Trinajstić information content (AvgIpc) is 2.64. The highest BCUT2D eigenvalue weighted by Crippen LogP contribution is 2.49. The van der Waals surface area contributed by atoms with Gasteiger partial charge in [0.15, 0.2) is 0 Å². The van der Waals surface area contributed by atoms with E-state index in [0.717, 1.165) is 5.92 Å². The molecule has 0 saturated heterocycles. The zero-order valence-corrected chi connectivity index (χ0v) is 22.1. The van der Waals surface area contributed by atoms with Crippen molar-refractivity contribution in [3.05, 3.63) is 0 Å². The van der Waals surface area contributed by atoms with Gasteiger partial charge in [-0.1, -0.05) is 157 Å². The van der Waals surface area contributed by atoms with Crippen molar-refractivity contribution >= 4 is 0 Å². The first-order valence-electron chi connectivity index (χ1n) is 14.3. The van der Waals surface area contributed by atoms with Crippen LogP contribution in [0.5, 0.6) is 0 Å². The predicted octanol–water partition coefficient (Wildman–Crippen LogP) is 11.3. The zero-order valence-electron chi connectivity index (χ0n) is 22.1. The Bertz CT molecular complexity index is 361. The molecule has 0 N–H and O–H groups in total. The third kappa shape index (κ3) is 15.8. The van der Waals surface area contributed by atoms with Crippen LogP contribution in [-0.2, 0) is 0 Å². The monoisotopic (exact) mass is 420 g/mol. The van der Waals surface area contributed by atoms with E-state index in [-0.39, 0.29) is 0 Å². The van der Waals surface area contributed by atoms with E-state index in [0.29, 0.717) is 10.8 Å². The summed E-state index contributed by atoms with van der Waals surface area (Å²) in [4.78, 5) is 0. The molecule has 0 aromatic rings. The molecule has 0 heteroatoms. The topological polar surface area (TPSA) is 0 Å². The van der Waals surface area contributed by atoms with Crippen molar-refractivity contribution in [2.24, 2.45) is 16.7 Å². The molecular formula is C30H60. The van der Waals surface area contributed by atoms with Crippen LogP contribution in [0.4, 0.5) is 0 Å². The lowest BCUT2D eigenvalue weighted by molar-refractivity contribution is 0.0627. The van der Waals surface area contributed by atoms with E-state index >= 15 is 0 Å². The van der Waals surface area contributed by atoms with Crippen molar-refractivity contribution in [2.45, 2.75) is 176 Å². The lowest BCUT2D eigenvalue weighted by atomic mass is 9.61. The summed E-state index contributed by atoms with van der Waals surface area (Å²) < 4.78 is 0. The zero-order chi connectivity index (χ0) is 22.1. The molecule has 0 aromatic heterocycles. The molecule has 0 spiro atoms. The minimum Gasteiger partial charge on any atom is -0.0654 e. The highest BCUT2D eigenvalue weighted by molar-refractivity contribution is 4.88. The van der Waals surface area contributed by atoms with E-state index in [1.807, 2.05) is 0 Å². The van der Waals surface area contributed by atoms with Gasteiger partial charge >= 0.3 is 0 Å². The van der Waals surface area contributed by atoms with Gasteiger partial charge in [0.2, 0.25) is 0 Å². The smallest absolute Gasteiger partial charge is 0.0347 e. The van der Waals surface area contributed by atoms with Gasteiger partial charge in [0.1, 0.15) is 0 Å². The fourth-order valence-electron chi connectivity index (χ4n) is 6.61. The number of rotatable bonds is 19. The molecule has 1 aliphatic rings. The van der Waals surface area contributed by atoms with Crippen LogP contribution in [0.2, 0.25) is 0 Å². The van der Waals surface area contributed by atoms with Gasteiger partial charge in [-0.25, -0.2) is 0 Å². The lowest BCUT2D eigenvalue weighted by Gasteiger charge is -2.45. The Labute approximate surface area is 192 Å². The van der Waals surface area contributed by atoms with Gasteiger partial charge < -0.3 is 0 Å². The molecule has 30 heavy (non-hydrogen) atoms. The van der Waals surface area contributed by atoms with Crippen LogP contribution in [-0.4, -0.2) is 0 Å². The molecule has 0 aliphatic heterocycles. The molecule has 0 atom stereocenters. The molecule has 0 aromatic carbocycles. The van der Waals surface area contributed by atoms with Crippen molar-refractivity contribution in [3.63, 3.8) is 0 Å². The Balaban J connectivity index is 1.80. The summed E-state index contributed by atoms with van der Waals surface area (Å²) in [6, 6.07) is 0. The van der Waals surface area contributed by atoms with Crippen LogP contribution < -0.4 is 0 Å². The maximum Gasteiger partial charge on any atom is -0.0347 e. The van der Waals surface area contributed by atoms with Crippen LogP contribution in [0.25, 0.3) is 0 Å². The third-order valence-corrected chi connectivity index (χ3v) is 7.61. The molecular weight excluding hydrogens is 360 g/mol. The average molecular weight is 421 g/mol. The highest BCUT2D eigenvalue weighted by Gasteiger charge is 2.37. The molecule has 0 amide bonds.